The zero-order valence-electron chi connectivity index (χ0n) is 30.7. The Hall–Kier alpha value is -8.42. The van der Waals surface area contributed by atoms with Crippen LogP contribution < -0.4 is 61.7 Å². The number of hydrogen-bond donors (Lipinski definition) is 8. The van der Waals surface area contributed by atoms with Gasteiger partial charge in [-0.05, 0) is 68.5 Å². The third-order valence-electron chi connectivity index (χ3n) is 7.54. The fourth-order valence-corrected chi connectivity index (χ4v) is 5.28. The molecule has 20 heteroatoms. The Kier molecular flexibility index (Phi) is 12.1. The molecule has 0 saturated carbocycles. The summed E-state index contributed by atoms with van der Waals surface area (Å²) in [5.41, 5.74) is 3.10. The molecule has 1 aliphatic heterocycles. The van der Waals surface area contributed by atoms with Crippen molar-refractivity contribution in [2.24, 2.45) is 4.99 Å². The summed E-state index contributed by atoms with van der Waals surface area (Å²) in [6.45, 7) is 7.21. The molecule has 3 aromatic rings. The zero-order chi connectivity index (χ0) is 41.2. The third-order valence-corrected chi connectivity index (χ3v) is 7.54. The predicted octanol–water partition coefficient (Wildman–Crippen LogP) is 4.67. The van der Waals surface area contributed by atoms with Crippen LogP contribution in [-0.2, 0) is 0 Å². The molecule has 296 valence electrons. The first-order chi connectivity index (χ1) is 27.8. The number of aliphatic imine (C=N–C) groups is 1. The number of guanidine groups is 1. The van der Waals surface area contributed by atoms with E-state index in [9.17, 15) is 28.8 Å². The van der Waals surface area contributed by atoms with Gasteiger partial charge in [-0.25, -0.2) is 29.0 Å². The summed E-state index contributed by atoms with van der Waals surface area (Å²) >= 11 is 0. The van der Waals surface area contributed by atoms with E-state index in [1.165, 1.54) is 54.6 Å². The van der Waals surface area contributed by atoms with Crippen molar-refractivity contribution >= 4 is 42.3 Å². The number of urea groups is 2. The number of allylic oxidation sites excluding steroid dienone is 6. The average molecular weight is 791 g/mol. The molecule has 0 fully saturated rings. The van der Waals surface area contributed by atoms with Crippen LogP contribution in [0.1, 0.15) is 25.5 Å². The number of aryl methyl sites for hydroxylation is 1. The molecule has 0 saturated heterocycles. The van der Waals surface area contributed by atoms with Gasteiger partial charge in [0.1, 0.15) is 23.0 Å². The van der Waals surface area contributed by atoms with E-state index in [1.54, 1.807) is 44.2 Å². The summed E-state index contributed by atoms with van der Waals surface area (Å²) in [5, 5.41) is 18.4. The number of aromatic amines is 1. The van der Waals surface area contributed by atoms with Crippen LogP contribution >= 0.6 is 0 Å². The molecule has 2 aromatic carbocycles. The van der Waals surface area contributed by atoms with Crippen LogP contribution in [0.25, 0.3) is 0 Å². The van der Waals surface area contributed by atoms with Crippen molar-refractivity contribution in [3.8, 4) is 23.0 Å². The number of nitrogens with one attached hydrogen (secondary N) is 8. The van der Waals surface area contributed by atoms with Crippen molar-refractivity contribution in [3.63, 3.8) is 0 Å². The van der Waals surface area contributed by atoms with E-state index in [1.807, 2.05) is 0 Å². The van der Waals surface area contributed by atoms with Crippen molar-refractivity contribution in [3.05, 3.63) is 142 Å². The van der Waals surface area contributed by atoms with Crippen LogP contribution in [0.4, 0.5) is 29.9 Å². The van der Waals surface area contributed by atoms with E-state index in [0.717, 1.165) is 5.70 Å². The number of rotatable bonds is 9. The lowest BCUT2D eigenvalue weighted by atomic mass is 10.3. The summed E-state index contributed by atoms with van der Waals surface area (Å²) in [4.78, 5) is 84.5. The van der Waals surface area contributed by atoms with Crippen molar-refractivity contribution < 1.29 is 42.9 Å². The number of anilines is 1. The monoisotopic (exact) mass is 790 g/mol. The van der Waals surface area contributed by atoms with E-state index >= 15 is 0 Å². The normalized spacial score (nSPS) is 14.1. The lowest BCUT2D eigenvalue weighted by Gasteiger charge is -2.16. The Bertz CT molecular complexity index is 2460. The predicted molar refractivity (Wildman–Crippen MR) is 206 cm³/mol. The Balaban J connectivity index is 0.896. The Morgan fingerprint density at radius 2 is 1.14 bits per heavy atom. The van der Waals surface area contributed by atoms with Gasteiger partial charge in [0.15, 0.2) is 0 Å². The van der Waals surface area contributed by atoms with Gasteiger partial charge in [0.25, 0.3) is 5.56 Å². The number of nitrogens with zero attached hydrogens (tertiary/aromatic N) is 2. The summed E-state index contributed by atoms with van der Waals surface area (Å²) < 4.78 is 21.1. The highest BCUT2D eigenvalue weighted by molar-refractivity contribution is 5.98. The van der Waals surface area contributed by atoms with Gasteiger partial charge >= 0.3 is 30.4 Å². The molecule has 20 nitrogen and oxygen atoms in total. The molecule has 0 radical (unpaired) electrons. The minimum absolute atomic E-state index is 0.000743. The smallest absolute Gasteiger partial charge is 0.410 e. The van der Waals surface area contributed by atoms with Crippen LogP contribution in [-0.4, -0.2) is 46.3 Å². The first-order valence-electron chi connectivity index (χ1n) is 17.1. The Morgan fingerprint density at radius 1 is 0.655 bits per heavy atom. The number of H-pyrrole nitrogens is 1. The van der Waals surface area contributed by atoms with E-state index in [2.05, 4.69) is 58.8 Å². The lowest BCUT2D eigenvalue weighted by molar-refractivity contribution is 0.151. The fourth-order valence-electron chi connectivity index (χ4n) is 5.28. The Labute approximate surface area is 328 Å². The van der Waals surface area contributed by atoms with Gasteiger partial charge in [-0.15, -0.1) is 0 Å². The van der Waals surface area contributed by atoms with Crippen LogP contribution in [0.5, 0.6) is 23.0 Å². The maximum atomic E-state index is 12.6. The highest BCUT2D eigenvalue weighted by atomic mass is 16.7. The molecule has 0 spiro atoms. The number of amides is 6. The van der Waals surface area contributed by atoms with Gasteiger partial charge in [-0.2, -0.15) is 4.98 Å². The van der Waals surface area contributed by atoms with Crippen LogP contribution in [0.2, 0.25) is 0 Å². The molecule has 0 bridgehead atoms. The van der Waals surface area contributed by atoms with Crippen molar-refractivity contribution in [1.82, 2.24) is 41.9 Å². The maximum Gasteiger partial charge on any atom is 0.519 e. The van der Waals surface area contributed by atoms with Crippen molar-refractivity contribution in [1.29, 1.82) is 0 Å². The molecule has 0 unspecified atom stereocenters. The van der Waals surface area contributed by atoms with Crippen LogP contribution in [0.3, 0.4) is 0 Å². The second-order valence-electron chi connectivity index (χ2n) is 12.4. The third kappa shape index (κ3) is 11.8. The van der Waals surface area contributed by atoms with E-state index in [-0.39, 0.29) is 47.7 Å². The second kappa shape index (κ2) is 17.8. The summed E-state index contributed by atoms with van der Waals surface area (Å²) in [5.74, 6) is 0.289. The number of carbonyl (C=O) groups excluding carboxylic acids is 5. The summed E-state index contributed by atoms with van der Waals surface area (Å²) in [6.07, 6.45) is 5.64. The van der Waals surface area contributed by atoms with E-state index < -0.39 is 36.0 Å². The number of aromatic nitrogens is 2. The number of benzene rings is 2. The van der Waals surface area contributed by atoms with Gasteiger partial charge in [-0.1, -0.05) is 18.7 Å². The molecular formula is C38H34N10O10. The van der Waals surface area contributed by atoms with Crippen LogP contribution in [0, 0.1) is 6.92 Å². The van der Waals surface area contributed by atoms with Gasteiger partial charge in [0.05, 0.1) is 5.70 Å². The second-order valence-corrected chi connectivity index (χ2v) is 12.4. The fraction of sp³-hybridized carbons (Fsp3) is 0.105. The first-order valence-corrected chi connectivity index (χ1v) is 17.1. The van der Waals surface area contributed by atoms with Crippen LogP contribution in [0.15, 0.2) is 136 Å². The SMILES string of the molecule is C=C1C=C(C)NC(NC(=O)NC2=CC=C(NC(=O)Oc3cccc(OC(=O)Oc4cccc(OC(=O)NC5=CC=C(NC(=O)Nc6nc(=O)cc(C)[nH]6)C5)c4)c3)C2)=N1. The van der Waals surface area contributed by atoms with Gasteiger partial charge < -0.3 is 39.9 Å². The molecule has 6 amide bonds. The van der Waals surface area contributed by atoms with E-state index in [0.29, 0.717) is 34.2 Å². The van der Waals surface area contributed by atoms with Gasteiger partial charge in [0.2, 0.25) is 11.9 Å². The molecule has 3 aliphatic rings. The number of carbonyl (C=O) groups is 5. The van der Waals surface area contributed by atoms with Crippen molar-refractivity contribution in [2.75, 3.05) is 5.32 Å². The number of hydrogen-bond acceptors (Lipinski definition) is 13. The standard InChI is InChI=1S/C38H34N10O10/c1-20-14-21(2)40-32(39-20)47-34(50)42-23-10-12-25(16-23)44-36(52)55-27-6-4-8-29(18-27)57-38(54)58-30-9-5-7-28(19-30)56-37(53)45-26-13-11-24(17-26)43-35(51)48-33-41-22(3)15-31(49)46-33/h4-15,18-19H,1,16-17H2,2-3H3,(H,44,52)(H,45,53)(H3,39,40,42,47,50)(H3,41,43,46,48,49,51). The minimum Gasteiger partial charge on any atom is -0.410 e. The summed E-state index contributed by atoms with van der Waals surface area (Å²) in [7, 11) is 0. The topological polar surface area (TPSA) is 265 Å². The molecule has 6 rings (SSSR count). The molecule has 1 aromatic heterocycles. The summed E-state index contributed by atoms with van der Waals surface area (Å²) in [6, 6.07) is 11.4. The van der Waals surface area contributed by atoms with Gasteiger partial charge in [0, 0.05) is 65.2 Å². The molecule has 58 heavy (non-hydrogen) atoms. The molecule has 2 heterocycles. The molecular weight excluding hydrogens is 756 g/mol. The lowest BCUT2D eigenvalue weighted by Crippen LogP contribution is -2.45. The average Bonchev–Trinajstić information content (AvgIpc) is 3.75. The largest absolute Gasteiger partial charge is 0.519 e. The molecule has 2 aliphatic carbocycles. The first kappa shape index (κ1) is 39.3. The van der Waals surface area contributed by atoms with E-state index in [4.69, 9.17) is 18.9 Å². The highest BCUT2D eigenvalue weighted by Gasteiger charge is 2.19. The zero-order valence-corrected chi connectivity index (χ0v) is 30.7. The maximum absolute atomic E-state index is 12.6. The minimum atomic E-state index is -1.13. The molecule has 8 N–H and O–H groups in total. The number of ether oxygens (including phenoxy) is 4. The molecule has 0 atom stereocenters. The quantitative estimate of drug-likeness (QED) is 0.109. The Morgan fingerprint density at radius 3 is 1.64 bits per heavy atom. The van der Waals surface area contributed by atoms with Crippen molar-refractivity contribution in [2.45, 2.75) is 26.7 Å². The highest BCUT2D eigenvalue weighted by Crippen LogP contribution is 2.24. The van der Waals surface area contributed by atoms with Gasteiger partial charge in [-0.3, -0.25) is 26.1 Å².